The third-order valence-corrected chi connectivity index (χ3v) is 2.68. The van der Waals surface area contributed by atoms with Gasteiger partial charge in [-0.25, -0.2) is 0 Å². The van der Waals surface area contributed by atoms with Gasteiger partial charge in [-0.2, -0.15) is 0 Å². The quantitative estimate of drug-likeness (QED) is 0.625. The number of hydrogen-bond acceptors (Lipinski definition) is 3. The zero-order valence-corrected chi connectivity index (χ0v) is 8.08. The van der Waals surface area contributed by atoms with Crippen molar-refractivity contribution in [3.8, 4) is 0 Å². The highest BCUT2D eigenvalue weighted by molar-refractivity contribution is 4.91. The van der Waals surface area contributed by atoms with E-state index in [9.17, 15) is 0 Å². The number of nitrogens with two attached hydrogens (primary N) is 1. The van der Waals surface area contributed by atoms with Crippen LogP contribution in [-0.2, 0) is 0 Å². The van der Waals surface area contributed by atoms with Crippen LogP contribution in [0.5, 0.6) is 0 Å². The number of aliphatic hydroxyl groups excluding tert-OH is 1. The maximum absolute atomic E-state index is 9.10. The third kappa shape index (κ3) is 2.19. The third-order valence-electron chi connectivity index (χ3n) is 2.68. The van der Waals surface area contributed by atoms with Gasteiger partial charge < -0.3 is 10.8 Å². The van der Waals surface area contributed by atoms with Gasteiger partial charge >= 0.3 is 0 Å². The lowest BCUT2D eigenvalue weighted by atomic mass is 9.90. The summed E-state index contributed by atoms with van der Waals surface area (Å²) < 4.78 is 0. The summed E-state index contributed by atoms with van der Waals surface area (Å²) in [6, 6.07) is 0.541. The lowest BCUT2D eigenvalue weighted by molar-refractivity contribution is 0.0763. The molecule has 3 nitrogen and oxygen atoms in total. The van der Waals surface area contributed by atoms with Crippen LogP contribution in [0.15, 0.2) is 0 Å². The Morgan fingerprint density at radius 2 is 2.25 bits per heavy atom. The number of rotatable bonds is 2. The van der Waals surface area contributed by atoms with Gasteiger partial charge in [-0.05, 0) is 33.2 Å². The number of nitrogens with zero attached hydrogens (tertiary/aromatic N) is 1. The molecule has 1 heterocycles. The number of likely N-dealkylation sites (tertiary alicyclic amines) is 1. The number of hydrogen-bond donors (Lipinski definition) is 2. The van der Waals surface area contributed by atoms with Crippen LogP contribution in [0.1, 0.15) is 26.7 Å². The van der Waals surface area contributed by atoms with Crippen molar-refractivity contribution in [2.24, 2.45) is 5.73 Å². The van der Waals surface area contributed by atoms with E-state index in [0.717, 1.165) is 25.9 Å². The molecule has 1 fully saturated rings. The van der Waals surface area contributed by atoms with Crippen LogP contribution in [0.4, 0.5) is 0 Å². The monoisotopic (exact) mass is 172 g/mol. The molecule has 1 aliphatic rings. The Hall–Kier alpha value is -0.120. The number of piperidine rings is 1. The molecule has 0 aliphatic carbocycles. The second-order valence-corrected chi connectivity index (χ2v) is 4.19. The standard InChI is InChI=1S/C9H20N2O/c1-8(2)11-5-3-4-9(10,6-11)7-12/h8,12H,3-7,10H2,1-2H3. The minimum Gasteiger partial charge on any atom is -0.394 e. The zero-order valence-electron chi connectivity index (χ0n) is 8.08. The lowest BCUT2D eigenvalue weighted by Gasteiger charge is -2.41. The molecule has 1 saturated heterocycles. The van der Waals surface area contributed by atoms with Crippen molar-refractivity contribution < 1.29 is 5.11 Å². The molecule has 0 aromatic heterocycles. The Morgan fingerprint density at radius 3 is 2.75 bits per heavy atom. The molecule has 0 spiro atoms. The second-order valence-electron chi connectivity index (χ2n) is 4.19. The van der Waals surface area contributed by atoms with Gasteiger partial charge in [0.15, 0.2) is 0 Å². The van der Waals surface area contributed by atoms with Crippen molar-refractivity contribution in [2.75, 3.05) is 19.7 Å². The van der Waals surface area contributed by atoms with Gasteiger partial charge in [-0.1, -0.05) is 0 Å². The first-order valence-electron chi connectivity index (χ1n) is 4.71. The van der Waals surface area contributed by atoms with Crippen molar-refractivity contribution in [1.29, 1.82) is 0 Å². The molecule has 0 aromatic carbocycles. The highest BCUT2D eigenvalue weighted by atomic mass is 16.3. The van der Waals surface area contributed by atoms with Crippen LogP contribution in [-0.4, -0.2) is 41.3 Å². The summed E-state index contributed by atoms with van der Waals surface area (Å²) in [5.41, 5.74) is 5.65. The smallest absolute Gasteiger partial charge is 0.0623 e. The Bertz CT molecular complexity index is 149. The van der Waals surface area contributed by atoms with Crippen molar-refractivity contribution in [2.45, 2.75) is 38.3 Å². The fraction of sp³-hybridized carbons (Fsp3) is 1.00. The first kappa shape index (κ1) is 9.96. The van der Waals surface area contributed by atoms with Gasteiger partial charge in [0.2, 0.25) is 0 Å². The molecule has 1 rings (SSSR count). The molecule has 3 N–H and O–H groups in total. The predicted molar refractivity (Wildman–Crippen MR) is 49.9 cm³/mol. The van der Waals surface area contributed by atoms with Gasteiger partial charge in [0.1, 0.15) is 0 Å². The van der Waals surface area contributed by atoms with Crippen LogP contribution < -0.4 is 5.73 Å². The largest absolute Gasteiger partial charge is 0.394 e. The van der Waals surface area contributed by atoms with Gasteiger partial charge in [0.25, 0.3) is 0 Å². The van der Waals surface area contributed by atoms with E-state index >= 15 is 0 Å². The second kappa shape index (κ2) is 3.73. The van der Waals surface area contributed by atoms with Gasteiger partial charge in [0, 0.05) is 12.6 Å². The van der Waals surface area contributed by atoms with Crippen LogP contribution in [0, 0.1) is 0 Å². The van der Waals surface area contributed by atoms with Crippen LogP contribution >= 0.6 is 0 Å². The highest BCUT2D eigenvalue weighted by Gasteiger charge is 2.31. The molecular weight excluding hydrogens is 152 g/mol. The summed E-state index contributed by atoms with van der Waals surface area (Å²) in [5, 5.41) is 9.10. The van der Waals surface area contributed by atoms with Gasteiger partial charge in [-0.3, -0.25) is 4.90 Å². The van der Waals surface area contributed by atoms with E-state index in [1.165, 1.54) is 0 Å². The summed E-state index contributed by atoms with van der Waals surface area (Å²) in [5.74, 6) is 0. The molecule has 0 aromatic rings. The van der Waals surface area contributed by atoms with Crippen molar-refractivity contribution in [1.82, 2.24) is 4.90 Å². The fourth-order valence-corrected chi connectivity index (χ4v) is 1.77. The molecule has 1 atom stereocenters. The molecule has 0 radical (unpaired) electrons. The molecule has 0 amide bonds. The molecule has 72 valence electrons. The van der Waals surface area contributed by atoms with Crippen molar-refractivity contribution in [3.05, 3.63) is 0 Å². The van der Waals surface area contributed by atoms with Gasteiger partial charge in [0.05, 0.1) is 12.1 Å². The minimum atomic E-state index is -0.345. The topological polar surface area (TPSA) is 49.5 Å². The fourth-order valence-electron chi connectivity index (χ4n) is 1.77. The number of aliphatic hydroxyl groups is 1. The highest BCUT2D eigenvalue weighted by Crippen LogP contribution is 2.19. The SMILES string of the molecule is CC(C)N1CCCC(N)(CO)C1. The van der Waals surface area contributed by atoms with E-state index in [-0.39, 0.29) is 12.1 Å². The summed E-state index contributed by atoms with van der Waals surface area (Å²) in [6.45, 7) is 6.40. The molecular formula is C9H20N2O. The lowest BCUT2D eigenvalue weighted by Crippen LogP contribution is -2.57. The van der Waals surface area contributed by atoms with E-state index in [1.807, 2.05) is 0 Å². The van der Waals surface area contributed by atoms with Crippen LogP contribution in [0.3, 0.4) is 0 Å². The van der Waals surface area contributed by atoms with Crippen LogP contribution in [0.2, 0.25) is 0 Å². The van der Waals surface area contributed by atoms with Gasteiger partial charge in [-0.15, -0.1) is 0 Å². The van der Waals surface area contributed by atoms with Crippen molar-refractivity contribution in [3.63, 3.8) is 0 Å². The predicted octanol–water partition coefficient (Wildman–Crippen LogP) is 0.180. The summed E-state index contributed by atoms with van der Waals surface area (Å²) in [4.78, 5) is 2.33. The van der Waals surface area contributed by atoms with E-state index in [0.29, 0.717) is 6.04 Å². The Balaban J connectivity index is 2.51. The normalized spacial score (nSPS) is 32.8. The van der Waals surface area contributed by atoms with E-state index in [2.05, 4.69) is 18.7 Å². The first-order valence-corrected chi connectivity index (χ1v) is 4.71. The summed E-state index contributed by atoms with van der Waals surface area (Å²) >= 11 is 0. The van der Waals surface area contributed by atoms with Crippen molar-refractivity contribution >= 4 is 0 Å². The van der Waals surface area contributed by atoms with E-state index in [4.69, 9.17) is 10.8 Å². The maximum Gasteiger partial charge on any atom is 0.0623 e. The first-order chi connectivity index (χ1) is 5.57. The van der Waals surface area contributed by atoms with E-state index in [1.54, 1.807) is 0 Å². The molecule has 0 saturated carbocycles. The molecule has 1 aliphatic heterocycles. The Labute approximate surface area is 74.5 Å². The summed E-state index contributed by atoms with van der Waals surface area (Å²) in [6.07, 6.45) is 2.06. The molecule has 12 heavy (non-hydrogen) atoms. The Kier molecular flexibility index (Phi) is 3.09. The minimum absolute atomic E-state index is 0.107. The average molecular weight is 172 g/mol. The maximum atomic E-state index is 9.10. The average Bonchev–Trinajstić information content (AvgIpc) is 2.05. The molecule has 3 heteroatoms. The van der Waals surface area contributed by atoms with Crippen LogP contribution in [0.25, 0.3) is 0 Å². The zero-order chi connectivity index (χ0) is 9.19. The Morgan fingerprint density at radius 1 is 1.58 bits per heavy atom. The van der Waals surface area contributed by atoms with E-state index < -0.39 is 0 Å². The molecule has 1 unspecified atom stereocenters. The summed E-state index contributed by atoms with van der Waals surface area (Å²) in [7, 11) is 0. The molecule has 0 bridgehead atoms.